The number of ketones is 1. The van der Waals surface area contributed by atoms with Gasteiger partial charge in [0.25, 0.3) is 0 Å². The summed E-state index contributed by atoms with van der Waals surface area (Å²) in [7, 11) is 3.51. The molecule has 0 aromatic rings. The van der Waals surface area contributed by atoms with Crippen LogP contribution in [0.25, 0.3) is 0 Å². The molecule has 6 heteroatoms. The van der Waals surface area contributed by atoms with Gasteiger partial charge in [-0.05, 0) is 33.4 Å². The molecule has 0 spiro atoms. The van der Waals surface area contributed by atoms with Crippen LogP contribution in [0.2, 0.25) is 0 Å². The van der Waals surface area contributed by atoms with Crippen LogP contribution in [0.4, 0.5) is 0 Å². The Labute approximate surface area is 95.0 Å². The lowest BCUT2D eigenvalue weighted by Crippen LogP contribution is -2.48. The molecule has 1 rings (SSSR count). The summed E-state index contributed by atoms with van der Waals surface area (Å²) >= 11 is 0. The number of rotatable bonds is 3. The molecule has 1 unspecified atom stereocenters. The van der Waals surface area contributed by atoms with Gasteiger partial charge in [-0.1, -0.05) is 0 Å². The van der Waals surface area contributed by atoms with Crippen LogP contribution in [-0.2, 0) is 13.8 Å². The summed E-state index contributed by atoms with van der Waals surface area (Å²) in [5, 5.41) is 0. The van der Waals surface area contributed by atoms with Gasteiger partial charge in [-0.15, -0.1) is 0 Å². The molecule has 1 aliphatic rings. The molecule has 0 aromatic carbocycles. The minimum absolute atomic E-state index is 0.0849. The van der Waals surface area contributed by atoms with E-state index >= 15 is 0 Å². The number of carbonyl (C=O) groups excluding carboxylic acids is 1. The number of hydrogen-bond donors (Lipinski definition) is 0. The summed E-state index contributed by atoms with van der Waals surface area (Å²) in [5.41, 5.74) is -0.798. The molecular weight excluding hydrogens is 238 g/mol. The van der Waals surface area contributed by atoms with E-state index in [0.717, 1.165) is 13.0 Å². The van der Waals surface area contributed by atoms with E-state index in [0.29, 0.717) is 13.0 Å². The number of carbonyl (C=O) groups is 1. The van der Waals surface area contributed by atoms with Crippen molar-refractivity contribution in [2.45, 2.75) is 19.8 Å². The topological polar surface area (TPSA) is 54.5 Å². The van der Waals surface area contributed by atoms with Gasteiger partial charge in [-0.25, -0.2) is 8.42 Å². The molecule has 1 aliphatic heterocycles. The molecule has 88 valence electrons. The zero-order valence-electron chi connectivity index (χ0n) is 8.99. The molecule has 0 aromatic heterocycles. The third-order valence-electron chi connectivity index (χ3n) is 2.96. The molecule has 15 heavy (non-hydrogen) atoms. The van der Waals surface area contributed by atoms with Crippen LogP contribution in [0, 0.1) is 5.41 Å². The van der Waals surface area contributed by atoms with Gasteiger partial charge in [0.2, 0.25) is 9.05 Å². The van der Waals surface area contributed by atoms with Crippen molar-refractivity contribution in [2.24, 2.45) is 5.41 Å². The Bertz CT molecular complexity index is 354. The van der Waals surface area contributed by atoms with Crippen LogP contribution in [0.5, 0.6) is 0 Å². The fourth-order valence-corrected chi connectivity index (χ4v) is 3.92. The van der Waals surface area contributed by atoms with Crippen LogP contribution in [0.1, 0.15) is 19.8 Å². The van der Waals surface area contributed by atoms with Crippen LogP contribution < -0.4 is 0 Å². The molecule has 4 nitrogen and oxygen atoms in total. The third kappa shape index (κ3) is 3.43. The van der Waals surface area contributed by atoms with E-state index in [-0.39, 0.29) is 11.5 Å². The van der Waals surface area contributed by atoms with Crippen molar-refractivity contribution in [3.63, 3.8) is 0 Å². The maximum atomic E-state index is 11.6. The largest absolute Gasteiger partial charge is 0.305 e. The Kier molecular flexibility index (Phi) is 3.79. The number of halogens is 1. The van der Waals surface area contributed by atoms with E-state index in [4.69, 9.17) is 10.7 Å². The van der Waals surface area contributed by atoms with Crippen molar-refractivity contribution in [3.8, 4) is 0 Å². The van der Waals surface area contributed by atoms with Gasteiger partial charge in [0.15, 0.2) is 0 Å². The summed E-state index contributed by atoms with van der Waals surface area (Å²) in [6.07, 6.45) is 1.45. The summed E-state index contributed by atoms with van der Waals surface area (Å²) in [4.78, 5) is 13.6. The van der Waals surface area contributed by atoms with Gasteiger partial charge in [-0.2, -0.15) is 0 Å². The fourth-order valence-electron chi connectivity index (χ4n) is 2.20. The van der Waals surface area contributed by atoms with Crippen LogP contribution >= 0.6 is 10.7 Å². The lowest BCUT2D eigenvalue weighted by atomic mass is 9.78. The van der Waals surface area contributed by atoms with Gasteiger partial charge in [0, 0.05) is 17.2 Å². The summed E-state index contributed by atoms with van der Waals surface area (Å²) in [5.74, 6) is -0.334. The van der Waals surface area contributed by atoms with E-state index in [1.54, 1.807) is 0 Å². The first-order valence-electron chi connectivity index (χ1n) is 4.87. The van der Waals surface area contributed by atoms with E-state index in [2.05, 4.69) is 0 Å². The van der Waals surface area contributed by atoms with E-state index < -0.39 is 14.5 Å². The smallest absolute Gasteiger partial charge is 0.233 e. The lowest BCUT2D eigenvalue weighted by molar-refractivity contribution is -0.128. The molecule has 1 fully saturated rings. The lowest BCUT2D eigenvalue weighted by Gasteiger charge is -2.38. The predicted molar refractivity (Wildman–Crippen MR) is 59.5 cm³/mol. The second kappa shape index (κ2) is 4.39. The van der Waals surface area contributed by atoms with Crippen molar-refractivity contribution in [3.05, 3.63) is 0 Å². The quantitative estimate of drug-likeness (QED) is 0.700. The Morgan fingerprint density at radius 3 is 2.53 bits per heavy atom. The molecular formula is C9H16ClNO3S. The summed E-state index contributed by atoms with van der Waals surface area (Å²) < 4.78 is 22.2. The standard InChI is InChI=1S/C9H16ClNO3S/c1-8(12)9(7-15(10,13)14)4-3-5-11(2)6-9/h3-7H2,1-2H3. The molecule has 0 aliphatic carbocycles. The average Bonchev–Trinajstić information content (AvgIpc) is 2.00. The van der Waals surface area contributed by atoms with Crippen molar-refractivity contribution in [1.29, 1.82) is 0 Å². The number of piperidine rings is 1. The van der Waals surface area contributed by atoms with E-state index in [9.17, 15) is 13.2 Å². The summed E-state index contributed by atoms with van der Waals surface area (Å²) in [6, 6.07) is 0. The number of likely N-dealkylation sites (tertiary alicyclic amines) is 1. The first-order valence-corrected chi connectivity index (χ1v) is 7.35. The van der Waals surface area contributed by atoms with Crippen molar-refractivity contribution < 1.29 is 13.2 Å². The van der Waals surface area contributed by atoms with E-state index in [1.165, 1.54) is 6.92 Å². The second-order valence-electron chi connectivity index (χ2n) is 4.36. The molecule has 0 radical (unpaired) electrons. The number of Topliss-reactive ketones (excluding diaryl/α,β-unsaturated/α-hetero) is 1. The zero-order valence-corrected chi connectivity index (χ0v) is 10.6. The summed E-state index contributed by atoms with van der Waals surface area (Å²) in [6.45, 7) is 2.83. The number of hydrogen-bond acceptors (Lipinski definition) is 4. The van der Waals surface area contributed by atoms with E-state index in [1.807, 2.05) is 11.9 Å². The van der Waals surface area contributed by atoms with Gasteiger partial charge in [0.05, 0.1) is 11.2 Å². The first kappa shape index (κ1) is 12.9. The van der Waals surface area contributed by atoms with Crippen LogP contribution in [0.3, 0.4) is 0 Å². The van der Waals surface area contributed by atoms with Gasteiger partial charge >= 0.3 is 0 Å². The molecule has 0 amide bonds. The Balaban J connectivity index is 2.93. The van der Waals surface area contributed by atoms with Crippen molar-refractivity contribution >= 4 is 25.5 Å². The molecule has 0 saturated carbocycles. The Hall–Kier alpha value is -0.130. The average molecular weight is 254 g/mol. The fraction of sp³-hybridized carbons (Fsp3) is 0.889. The second-order valence-corrected chi connectivity index (χ2v) is 7.14. The zero-order chi connectivity index (χ0) is 11.7. The van der Waals surface area contributed by atoms with Gasteiger partial charge < -0.3 is 4.90 Å². The SMILES string of the molecule is CC(=O)C1(CS(=O)(=O)Cl)CCCN(C)C1. The Morgan fingerprint density at radius 2 is 2.13 bits per heavy atom. The first-order chi connectivity index (χ1) is 6.75. The van der Waals surface area contributed by atoms with Crippen molar-refractivity contribution in [2.75, 3.05) is 25.9 Å². The highest BCUT2D eigenvalue weighted by atomic mass is 35.7. The molecule has 0 bridgehead atoms. The highest BCUT2D eigenvalue weighted by Crippen LogP contribution is 2.32. The molecule has 0 N–H and O–H groups in total. The molecule has 1 saturated heterocycles. The predicted octanol–water partition coefficient (Wildman–Crippen LogP) is 0.856. The van der Waals surface area contributed by atoms with Gasteiger partial charge in [0.1, 0.15) is 5.78 Å². The van der Waals surface area contributed by atoms with Crippen LogP contribution in [-0.4, -0.2) is 45.0 Å². The maximum absolute atomic E-state index is 11.6. The molecule has 1 heterocycles. The molecule has 1 atom stereocenters. The van der Waals surface area contributed by atoms with Gasteiger partial charge in [-0.3, -0.25) is 4.79 Å². The normalized spacial score (nSPS) is 29.0. The maximum Gasteiger partial charge on any atom is 0.233 e. The minimum Gasteiger partial charge on any atom is -0.305 e. The van der Waals surface area contributed by atoms with Crippen LogP contribution in [0.15, 0.2) is 0 Å². The highest BCUT2D eigenvalue weighted by molar-refractivity contribution is 8.13. The third-order valence-corrected chi connectivity index (χ3v) is 4.19. The number of nitrogens with zero attached hydrogens (tertiary/aromatic N) is 1. The monoisotopic (exact) mass is 253 g/mol. The minimum atomic E-state index is -3.63. The highest BCUT2D eigenvalue weighted by Gasteiger charge is 2.42. The van der Waals surface area contributed by atoms with Crippen molar-refractivity contribution in [1.82, 2.24) is 4.90 Å². The Morgan fingerprint density at radius 1 is 1.53 bits per heavy atom.